The molecular formula is C56H86NO8P. The smallest absolute Gasteiger partial charge is 0.306 e. The van der Waals surface area contributed by atoms with E-state index in [0.717, 1.165) is 83.5 Å². The van der Waals surface area contributed by atoms with Crippen molar-refractivity contribution >= 4 is 19.8 Å². The number of rotatable bonds is 41. The van der Waals surface area contributed by atoms with Crippen molar-refractivity contribution in [2.24, 2.45) is 0 Å². The van der Waals surface area contributed by atoms with Crippen molar-refractivity contribution in [2.45, 2.75) is 136 Å². The monoisotopic (exact) mass is 932 g/mol. The van der Waals surface area contributed by atoms with Crippen molar-refractivity contribution in [3.8, 4) is 0 Å². The third-order valence-electron chi connectivity index (χ3n) is 9.06. The van der Waals surface area contributed by atoms with E-state index in [0.29, 0.717) is 30.3 Å². The van der Waals surface area contributed by atoms with E-state index >= 15 is 0 Å². The Kier molecular flexibility index (Phi) is 42.7. The lowest BCUT2D eigenvalue weighted by molar-refractivity contribution is -0.870. The second kappa shape index (κ2) is 45.8. The van der Waals surface area contributed by atoms with E-state index in [9.17, 15) is 19.0 Å². The molecule has 0 saturated carbocycles. The number of carbonyl (C=O) groups is 2. The van der Waals surface area contributed by atoms with Gasteiger partial charge in [0, 0.05) is 12.8 Å². The molecule has 0 aliphatic carbocycles. The van der Waals surface area contributed by atoms with Crippen molar-refractivity contribution in [3.63, 3.8) is 0 Å². The van der Waals surface area contributed by atoms with Gasteiger partial charge in [-0.3, -0.25) is 14.2 Å². The number of carbonyl (C=O) groups excluding carboxylic acids is 2. The minimum absolute atomic E-state index is 0.0624. The van der Waals surface area contributed by atoms with Crippen molar-refractivity contribution in [1.82, 2.24) is 0 Å². The molecule has 0 aromatic heterocycles. The first-order chi connectivity index (χ1) is 32.0. The fraction of sp³-hybridized carbons (Fsp3) is 0.500. The molecule has 10 heteroatoms. The summed E-state index contributed by atoms with van der Waals surface area (Å²) in [5.74, 6) is -1.02. The molecule has 0 heterocycles. The number of phosphoric ester groups is 1. The molecule has 0 aliphatic heterocycles. The summed E-state index contributed by atoms with van der Waals surface area (Å²) in [5, 5.41) is 0. The standard InChI is InChI=1S/C56H86NO8P/c1-6-8-10-12-14-16-18-20-21-22-23-24-25-26-27-28-29-30-31-32-33-34-35-37-39-41-43-45-47-49-56(59)65-54(53-64-66(60,61)63-51-50-57(3,4)5)52-62-55(58)48-46-44-42-40-38-36-19-17-15-13-11-9-7-2/h8-11,14-17,20-21,23-24,26-27,29-30,32-33,35-38,41-44,54H,6-7,12-13,18-19,22,25,28,31,34,39-40,45-53H2,1-5H3/b10-8-,11-9-,16-14-,17-15-,21-20-,24-23-,27-26-,30-29-,33-32-,37-35-,38-36-,43-41-,44-42-. The highest BCUT2D eigenvalue weighted by molar-refractivity contribution is 7.45. The molecule has 0 rings (SSSR count). The predicted molar refractivity (Wildman–Crippen MR) is 277 cm³/mol. The van der Waals surface area contributed by atoms with Gasteiger partial charge in [-0.15, -0.1) is 0 Å². The number of allylic oxidation sites excluding steroid dienone is 26. The van der Waals surface area contributed by atoms with Gasteiger partial charge in [-0.2, -0.15) is 0 Å². The zero-order valence-corrected chi connectivity index (χ0v) is 42.2. The maximum absolute atomic E-state index is 12.7. The number of phosphoric acid groups is 1. The van der Waals surface area contributed by atoms with Gasteiger partial charge in [0.25, 0.3) is 7.82 Å². The molecule has 0 amide bonds. The fourth-order valence-electron chi connectivity index (χ4n) is 5.37. The second-order valence-corrected chi connectivity index (χ2v) is 17.8. The van der Waals surface area contributed by atoms with Crippen LogP contribution in [0.3, 0.4) is 0 Å². The summed E-state index contributed by atoms with van der Waals surface area (Å²) in [7, 11) is 1.06. The lowest BCUT2D eigenvalue weighted by Gasteiger charge is -2.28. The van der Waals surface area contributed by atoms with Gasteiger partial charge in [-0.05, 0) is 103 Å². The summed E-state index contributed by atoms with van der Waals surface area (Å²) < 4.78 is 33.8. The van der Waals surface area contributed by atoms with Gasteiger partial charge in [-0.25, -0.2) is 0 Å². The van der Waals surface area contributed by atoms with Gasteiger partial charge in [0.05, 0.1) is 27.7 Å². The fourth-order valence-corrected chi connectivity index (χ4v) is 6.10. The first-order valence-electron chi connectivity index (χ1n) is 24.2. The molecule has 368 valence electrons. The van der Waals surface area contributed by atoms with E-state index in [-0.39, 0.29) is 26.1 Å². The van der Waals surface area contributed by atoms with Gasteiger partial charge in [-0.1, -0.05) is 172 Å². The highest BCUT2D eigenvalue weighted by Crippen LogP contribution is 2.38. The topological polar surface area (TPSA) is 111 Å². The van der Waals surface area contributed by atoms with Crippen molar-refractivity contribution in [1.29, 1.82) is 0 Å². The van der Waals surface area contributed by atoms with Gasteiger partial charge in [0.2, 0.25) is 0 Å². The predicted octanol–water partition coefficient (Wildman–Crippen LogP) is 13.9. The molecule has 0 saturated heterocycles. The number of hydrogen-bond acceptors (Lipinski definition) is 8. The second-order valence-electron chi connectivity index (χ2n) is 16.4. The SMILES string of the molecule is CC/C=C\C/C=C\C/C=C\C/C=C\C/C=C\C/C=C\C/C=C\C/C=C\C/C=C\CCCC(=O)OC(COC(=O)CC/C=C\C/C=C\C/C=C\C/C=C\CC)COP(=O)([O-])OCC[N+](C)(C)C. The molecule has 0 aromatic carbocycles. The zero-order chi connectivity index (χ0) is 48.5. The molecule has 9 nitrogen and oxygen atoms in total. The van der Waals surface area contributed by atoms with Crippen molar-refractivity contribution < 1.29 is 42.1 Å². The molecule has 0 radical (unpaired) electrons. The van der Waals surface area contributed by atoms with E-state index in [1.165, 1.54) is 0 Å². The van der Waals surface area contributed by atoms with Crippen LogP contribution in [0, 0.1) is 0 Å². The first-order valence-corrected chi connectivity index (χ1v) is 25.7. The van der Waals surface area contributed by atoms with Crippen molar-refractivity contribution in [2.75, 3.05) is 47.5 Å². The van der Waals surface area contributed by atoms with Gasteiger partial charge in [0.15, 0.2) is 6.10 Å². The highest BCUT2D eigenvalue weighted by atomic mass is 31.2. The summed E-state index contributed by atoms with van der Waals surface area (Å²) in [6.07, 6.45) is 68.8. The van der Waals surface area contributed by atoms with E-state index in [4.69, 9.17) is 18.5 Å². The number of esters is 2. The molecule has 0 fully saturated rings. The summed E-state index contributed by atoms with van der Waals surface area (Å²) in [5.41, 5.74) is 0. The Morgan fingerprint density at radius 3 is 1.18 bits per heavy atom. The molecule has 2 unspecified atom stereocenters. The lowest BCUT2D eigenvalue weighted by Crippen LogP contribution is -2.37. The molecule has 0 N–H and O–H groups in total. The van der Waals surface area contributed by atoms with E-state index in [2.05, 4.69) is 154 Å². The minimum Gasteiger partial charge on any atom is -0.756 e. The summed E-state index contributed by atoms with van der Waals surface area (Å²) in [4.78, 5) is 37.5. The maximum Gasteiger partial charge on any atom is 0.306 e. The zero-order valence-electron chi connectivity index (χ0n) is 41.3. The van der Waals surface area contributed by atoms with Crippen LogP contribution in [0.15, 0.2) is 158 Å². The minimum atomic E-state index is -4.67. The molecule has 2 atom stereocenters. The Morgan fingerprint density at radius 2 is 0.818 bits per heavy atom. The molecular weight excluding hydrogens is 846 g/mol. The molecule has 66 heavy (non-hydrogen) atoms. The van der Waals surface area contributed by atoms with Crippen LogP contribution in [0.5, 0.6) is 0 Å². The van der Waals surface area contributed by atoms with E-state index in [1.54, 1.807) is 0 Å². The van der Waals surface area contributed by atoms with Crippen LogP contribution < -0.4 is 4.89 Å². The number of ether oxygens (including phenoxy) is 2. The third-order valence-corrected chi connectivity index (χ3v) is 10.0. The average Bonchev–Trinajstić information content (AvgIpc) is 3.27. The quantitative estimate of drug-likeness (QED) is 0.0196. The normalized spacial score (nSPS) is 14.8. The molecule has 0 spiro atoms. The molecule has 0 aliphatic rings. The lowest BCUT2D eigenvalue weighted by atomic mass is 10.2. The van der Waals surface area contributed by atoms with Crippen LogP contribution in [0.4, 0.5) is 0 Å². The van der Waals surface area contributed by atoms with Crippen LogP contribution in [0.1, 0.15) is 129 Å². The van der Waals surface area contributed by atoms with Crippen molar-refractivity contribution in [3.05, 3.63) is 158 Å². The summed E-state index contributed by atoms with van der Waals surface area (Å²) in [6, 6.07) is 0. The number of nitrogens with zero attached hydrogens (tertiary/aromatic N) is 1. The Balaban J connectivity index is 4.47. The van der Waals surface area contributed by atoms with Crippen LogP contribution in [-0.2, 0) is 32.7 Å². The Morgan fingerprint density at radius 1 is 0.470 bits per heavy atom. The number of hydrogen-bond donors (Lipinski definition) is 0. The maximum atomic E-state index is 12.7. The highest BCUT2D eigenvalue weighted by Gasteiger charge is 2.21. The summed E-state index contributed by atoms with van der Waals surface area (Å²) in [6.45, 7) is 3.80. The van der Waals surface area contributed by atoms with Gasteiger partial charge < -0.3 is 27.9 Å². The molecule has 0 bridgehead atoms. The van der Waals surface area contributed by atoms with Gasteiger partial charge >= 0.3 is 11.9 Å². The van der Waals surface area contributed by atoms with Crippen LogP contribution in [-0.4, -0.2) is 70.0 Å². The van der Waals surface area contributed by atoms with E-state index < -0.39 is 32.5 Å². The van der Waals surface area contributed by atoms with Crippen LogP contribution >= 0.6 is 7.82 Å². The summed E-state index contributed by atoms with van der Waals surface area (Å²) >= 11 is 0. The Hall–Kier alpha value is -4.37. The number of likely N-dealkylation sites (N-methyl/N-ethyl adjacent to an activating group) is 1. The van der Waals surface area contributed by atoms with Crippen LogP contribution in [0.25, 0.3) is 0 Å². The average molecular weight is 932 g/mol. The number of quaternary nitrogens is 1. The number of unbranched alkanes of at least 4 members (excludes halogenated alkanes) is 1. The Bertz CT molecular complexity index is 1670. The van der Waals surface area contributed by atoms with Gasteiger partial charge in [0.1, 0.15) is 19.8 Å². The van der Waals surface area contributed by atoms with E-state index in [1.807, 2.05) is 39.4 Å². The van der Waals surface area contributed by atoms with Crippen LogP contribution in [0.2, 0.25) is 0 Å². The Labute approximate surface area is 401 Å². The third kappa shape index (κ3) is 49.1. The molecule has 0 aromatic rings. The first kappa shape index (κ1) is 61.6. The largest absolute Gasteiger partial charge is 0.756 e.